The van der Waals surface area contributed by atoms with Crippen molar-refractivity contribution < 1.29 is 39.6 Å². The molecule has 0 saturated carbocycles. The molecular weight excluding hydrogens is 432 g/mol. The summed E-state index contributed by atoms with van der Waals surface area (Å²) in [6.45, 7) is 4.30. The number of aliphatic carboxylic acids is 4. The maximum Gasteiger partial charge on any atom is 0.414 e. The first-order valence-electron chi connectivity index (χ1n) is 9.95. The predicted octanol–water partition coefficient (Wildman–Crippen LogP) is 1.79. The minimum absolute atomic E-state index is 0.201. The lowest BCUT2D eigenvalue weighted by Crippen LogP contribution is -2.48. The van der Waals surface area contributed by atoms with Crippen LogP contribution in [0.15, 0.2) is 60.7 Å². The molecule has 3 rings (SSSR count). The monoisotopic (exact) mass is 462 g/mol. The molecule has 1 heterocycles. The van der Waals surface area contributed by atoms with E-state index in [0.29, 0.717) is 0 Å². The molecule has 0 atom stereocenters. The van der Waals surface area contributed by atoms with Gasteiger partial charge in [0.2, 0.25) is 0 Å². The van der Waals surface area contributed by atoms with Gasteiger partial charge in [0.25, 0.3) is 0 Å². The molecule has 0 amide bonds. The molecule has 10 heteroatoms. The molecule has 0 radical (unpaired) electrons. The molecule has 6 N–H and O–H groups in total. The molecule has 10 nitrogen and oxygen atoms in total. The fourth-order valence-corrected chi connectivity index (χ4v) is 2.83. The normalized spacial score (nSPS) is 13.3. The number of hydrogen-bond acceptors (Lipinski definition) is 6. The van der Waals surface area contributed by atoms with Crippen molar-refractivity contribution in [1.82, 2.24) is 10.6 Å². The van der Waals surface area contributed by atoms with Crippen LogP contribution in [0, 0.1) is 6.92 Å². The Kier molecular flexibility index (Phi) is 14.1. The molecule has 1 aliphatic rings. The standard InChI is InChI=1S/C12H18N2.C7H8.2C2H2O4/c1-13-12(7-9-14-10-8-12)11-5-3-2-4-6-11;1-7-5-3-2-4-6-7;2*3-1(4)2(5)6/h2-6,13-14H,7-10H2,1H3;2-6H,1H3;2*(H,3,4)(H,5,6). The van der Waals surface area contributed by atoms with Gasteiger partial charge in [0.15, 0.2) is 0 Å². The molecular formula is C23H30N2O8. The number of carboxylic acids is 4. The van der Waals surface area contributed by atoms with E-state index in [1.807, 2.05) is 18.2 Å². The SMILES string of the molecule is CNC1(c2ccccc2)CCNCC1.Cc1ccccc1.O=C(O)C(=O)O.O=C(O)C(=O)O. The number of carbonyl (C=O) groups is 4. The number of hydrogen-bond donors (Lipinski definition) is 6. The highest BCUT2D eigenvalue weighted by atomic mass is 16.4. The fourth-order valence-electron chi connectivity index (χ4n) is 2.83. The van der Waals surface area contributed by atoms with E-state index >= 15 is 0 Å². The Morgan fingerprint density at radius 1 is 0.727 bits per heavy atom. The summed E-state index contributed by atoms with van der Waals surface area (Å²) in [7, 11) is 2.07. The van der Waals surface area contributed by atoms with E-state index in [1.54, 1.807) is 0 Å². The van der Waals surface area contributed by atoms with Gasteiger partial charge >= 0.3 is 23.9 Å². The minimum Gasteiger partial charge on any atom is -0.473 e. The number of rotatable bonds is 2. The van der Waals surface area contributed by atoms with Crippen LogP contribution in [0.2, 0.25) is 0 Å². The molecule has 0 aromatic heterocycles. The van der Waals surface area contributed by atoms with E-state index in [-0.39, 0.29) is 5.54 Å². The molecule has 0 bridgehead atoms. The molecule has 1 aliphatic heterocycles. The molecule has 0 aliphatic carbocycles. The quantitative estimate of drug-likeness (QED) is 0.361. The van der Waals surface area contributed by atoms with Crippen molar-refractivity contribution in [2.75, 3.05) is 20.1 Å². The van der Waals surface area contributed by atoms with Crippen molar-refractivity contribution in [3.05, 3.63) is 71.8 Å². The van der Waals surface area contributed by atoms with Crippen LogP contribution in [0.25, 0.3) is 0 Å². The zero-order valence-electron chi connectivity index (χ0n) is 18.5. The third-order valence-corrected chi connectivity index (χ3v) is 4.57. The van der Waals surface area contributed by atoms with Gasteiger partial charge in [-0.25, -0.2) is 19.2 Å². The van der Waals surface area contributed by atoms with Gasteiger partial charge in [0.05, 0.1) is 0 Å². The molecule has 180 valence electrons. The smallest absolute Gasteiger partial charge is 0.414 e. The topological polar surface area (TPSA) is 173 Å². The summed E-state index contributed by atoms with van der Waals surface area (Å²) in [5.41, 5.74) is 2.94. The summed E-state index contributed by atoms with van der Waals surface area (Å²) >= 11 is 0. The zero-order chi connectivity index (χ0) is 25.3. The second kappa shape index (κ2) is 16.0. The van der Waals surface area contributed by atoms with Gasteiger partial charge in [0.1, 0.15) is 0 Å². The van der Waals surface area contributed by atoms with Gasteiger partial charge < -0.3 is 31.1 Å². The van der Waals surface area contributed by atoms with Crippen molar-refractivity contribution in [2.45, 2.75) is 25.3 Å². The summed E-state index contributed by atoms with van der Waals surface area (Å²) in [6, 6.07) is 21.0. The van der Waals surface area contributed by atoms with E-state index in [9.17, 15) is 0 Å². The Bertz CT molecular complexity index is 819. The van der Waals surface area contributed by atoms with Crippen LogP contribution in [0.3, 0.4) is 0 Å². The van der Waals surface area contributed by atoms with Crippen LogP contribution in [0.5, 0.6) is 0 Å². The maximum atomic E-state index is 9.10. The maximum absolute atomic E-state index is 9.10. The number of carboxylic acid groups (broad SMARTS) is 4. The zero-order valence-corrected chi connectivity index (χ0v) is 18.5. The van der Waals surface area contributed by atoms with Crippen LogP contribution >= 0.6 is 0 Å². The van der Waals surface area contributed by atoms with Crippen LogP contribution in [0.4, 0.5) is 0 Å². The number of benzene rings is 2. The van der Waals surface area contributed by atoms with Gasteiger partial charge in [-0.2, -0.15) is 0 Å². The summed E-state index contributed by atoms with van der Waals surface area (Å²) in [5.74, 6) is -7.30. The number of nitrogens with one attached hydrogen (secondary N) is 2. The first-order valence-corrected chi connectivity index (χ1v) is 9.95. The molecule has 0 spiro atoms. The number of aryl methyl sites for hydroxylation is 1. The molecule has 1 fully saturated rings. The molecule has 1 saturated heterocycles. The summed E-state index contributed by atoms with van der Waals surface area (Å²) in [5, 5.41) is 36.5. The first-order chi connectivity index (χ1) is 15.6. The molecule has 33 heavy (non-hydrogen) atoms. The summed E-state index contributed by atoms with van der Waals surface area (Å²) in [6.07, 6.45) is 2.35. The van der Waals surface area contributed by atoms with Crippen molar-refractivity contribution >= 4 is 23.9 Å². The Hall–Kier alpha value is -3.76. The third kappa shape index (κ3) is 12.6. The van der Waals surface area contributed by atoms with Crippen molar-refractivity contribution in [1.29, 1.82) is 0 Å². The van der Waals surface area contributed by atoms with Gasteiger partial charge in [-0.1, -0.05) is 66.2 Å². The van der Waals surface area contributed by atoms with Crippen LogP contribution in [0.1, 0.15) is 24.0 Å². The van der Waals surface area contributed by atoms with E-state index in [4.69, 9.17) is 39.6 Å². The third-order valence-electron chi connectivity index (χ3n) is 4.57. The first kappa shape index (κ1) is 29.2. The van der Waals surface area contributed by atoms with E-state index in [2.05, 4.69) is 67.1 Å². The van der Waals surface area contributed by atoms with Crippen molar-refractivity contribution in [3.63, 3.8) is 0 Å². The molecule has 2 aromatic carbocycles. The second-order valence-corrected chi connectivity index (χ2v) is 6.82. The molecule has 0 unspecified atom stereocenters. The van der Waals surface area contributed by atoms with Crippen LogP contribution in [-0.2, 0) is 24.7 Å². The number of piperidine rings is 1. The van der Waals surface area contributed by atoms with Crippen molar-refractivity contribution in [2.24, 2.45) is 0 Å². The van der Waals surface area contributed by atoms with E-state index in [0.717, 1.165) is 13.1 Å². The van der Waals surface area contributed by atoms with Gasteiger partial charge in [-0.05, 0) is 45.5 Å². The Balaban J connectivity index is 0.000000457. The highest BCUT2D eigenvalue weighted by Gasteiger charge is 2.31. The average molecular weight is 462 g/mol. The van der Waals surface area contributed by atoms with Gasteiger partial charge in [-0.15, -0.1) is 0 Å². The molecule has 2 aromatic rings. The van der Waals surface area contributed by atoms with E-state index in [1.165, 1.54) is 24.0 Å². The summed E-state index contributed by atoms with van der Waals surface area (Å²) in [4.78, 5) is 36.4. The van der Waals surface area contributed by atoms with Gasteiger partial charge in [-0.3, -0.25) is 0 Å². The lowest BCUT2D eigenvalue weighted by Gasteiger charge is -2.38. The highest BCUT2D eigenvalue weighted by Crippen LogP contribution is 2.29. The average Bonchev–Trinajstić information content (AvgIpc) is 2.81. The Morgan fingerprint density at radius 2 is 1.09 bits per heavy atom. The summed E-state index contributed by atoms with van der Waals surface area (Å²) < 4.78 is 0. The lowest BCUT2D eigenvalue weighted by molar-refractivity contribution is -0.159. The van der Waals surface area contributed by atoms with Crippen molar-refractivity contribution in [3.8, 4) is 0 Å². The van der Waals surface area contributed by atoms with E-state index < -0.39 is 23.9 Å². The Labute approximate surface area is 191 Å². The fraction of sp³-hybridized carbons (Fsp3) is 0.304. The minimum atomic E-state index is -1.82. The Morgan fingerprint density at radius 3 is 1.36 bits per heavy atom. The lowest BCUT2D eigenvalue weighted by atomic mass is 9.82. The predicted molar refractivity (Wildman–Crippen MR) is 121 cm³/mol. The van der Waals surface area contributed by atoms with Crippen LogP contribution < -0.4 is 10.6 Å². The van der Waals surface area contributed by atoms with Crippen LogP contribution in [-0.4, -0.2) is 64.4 Å². The largest absolute Gasteiger partial charge is 0.473 e. The van der Waals surface area contributed by atoms with Gasteiger partial charge in [0, 0.05) is 5.54 Å². The highest BCUT2D eigenvalue weighted by molar-refractivity contribution is 6.27. The second-order valence-electron chi connectivity index (χ2n) is 6.82.